The van der Waals surface area contributed by atoms with Gasteiger partial charge in [0.25, 0.3) is 11.8 Å². The summed E-state index contributed by atoms with van der Waals surface area (Å²) in [4.78, 5) is 42.8. The van der Waals surface area contributed by atoms with Gasteiger partial charge in [-0.25, -0.2) is 9.18 Å². The summed E-state index contributed by atoms with van der Waals surface area (Å²) in [6.45, 7) is 8.07. The third-order valence-electron chi connectivity index (χ3n) is 6.59. The fourth-order valence-electron chi connectivity index (χ4n) is 4.47. The first-order valence-corrected chi connectivity index (χ1v) is 13.5. The fraction of sp³-hybridized carbons (Fsp3) is 0.323. The summed E-state index contributed by atoms with van der Waals surface area (Å²) in [6.07, 6.45) is 0. The Morgan fingerprint density at radius 2 is 1.61 bits per heavy atom. The largest absolute Gasteiger partial charge is 0.497 e. The molecule has 10 heteroatoms. The first-order valence-electron chi connectivity index (χ1n) is 13.5. The molecule has 0 bridgehead atoms. The van der Waals surface area contributed by atoms with Crippen molar-refractivity contribution in [1.82, 2.24) is 15.5 Å². The zero-order valence-corrected chi connectivity index (χ0v) is 23.8. The molecular formula is C31H36FN5O4. The Labute approximate surface area is 239 Å². The molecule has 0 aromatic heterocycles. The van der Waals surface area contributed by atoms with E-state index in [0.29, 0.717) is 54.4 Å². The van der Waals surface area contributed by atoms with E-state index < -0.39 is 0 Å². The number of carbonyl (C=O) groups is 3. The van der Waals surface area contributed by atoms with E-state index >= 15 is 0 Å². The zero-order valence-electron chi connectivity index (χ0n) is 23.8. The molecule has 4 amide bonds. The maximum atomic E-state index is 13.5. The van der Waals surface area contributed by atoms with Gasteiger partial charge in [0, 0.05) is 55.2 Å². The summed E-state index contributed by atoms with van der Waals surface area (Å²) in [5.41, 5.74) is 2.36. The molecule has 1 saturated heterocycles. The highest BCUT2D eigenvalue weighted by Gasteiger charge is 2.26. The number of rotatable bonds is 7. The standard InChI is InChI=1S/C31H36FN5O4/c1-31(2,3)35-30(40)37-16-14-36(15-17-37)27-13-12-24(34-28(38)22-6-5-7-25(18-22)41-4)19-26(27)29(39)33-20-21-8-10-23(32)11-9-21/h5-13,18-19H,14-17,20H2,1-4H3,(H,33,39)(H,34,38)(H,35,40). The van der Waals surface area contributed by atoms with Crippen molar-refractivity contribution in [2.75, 3.05) is 43.5 Å². The van der Waals surface area contributed by atoms with Crippen molar-refractivity contribution in [2.45, 2.75) is 32.9 Å². The van der Waals surface area contributed by atoms with E-state index in [1.165, 1.54) is 19.2 Å². The van der Waals surface area contributed by atoms with Crippen LogP contribution in [0.15, 0.2) is 66.7 Å². The third-order valence-corrected chi connectivity index (χ3v) is 6.59. The van der Waals surface area contributed by atoms with Gasteiger partial charge in [0.2, 0.25) is 0 Å². The lowest BCUT2D eigenvalue weighted by molar-refractivity contribution is 0.0949. The van der Waals surface area contributed by atoms with Crippen LogP contribution in [-0.4, -0.2) is 61.6 Å². The van der Waals surface area contributed by atoms with Crippen molar-refractivity contribution >= 4 is 29.2 Å². The maximum Gasteiger partial charge on any atom is 0.317 e. The molecule has 0 radical (unpaired) electrons. The Balaban J connectivity index is 1.54. The molecule has 1 aliphatic rings. The summed E-state index contributed by atoms with van der Waals surface area (Å²) in [5, 5.41) is 8.75. The Hall–Kier alpha value is -4.60. The van der Waals surface area contributed by atoms with Crippen LogP contribution >= 0.6 is 0 Å². The van der Waals surface area contributed by atoms with E-state index in [9.17, 15) is 18.8 Å². The Morgan fingerprint density at radius 3 is 2.27 bits per heavy atom. The minimum absolute atomic E-state index is 0.120. The molecule has 0 unspecified atom stereocenters. The molecule has 0 saturated carbocycles. The number of hydrogen-bond donors (Lipinski definition) is 3. The monoisotopic (exact) mass is 561 g/mol. The number of halogens is 1. The lowest BCUT2D eigenvalue weighted by Crippen LogP contribution is -2.55. The molecule has 216 valence electrons. The Bertz CT molecular complexity index is 1400. The minimum Gasteiger partial charge on any atom is -0.497 e. The molecular weight excluding hydrogens is 525 g/mol. The summed E-state index contributed by atoms with van der Waals surface area (Å²) in [7, 11) is 1.53. The van der Waals surface area contributed by atoms with E-state index in [4.69, 9.17) is 4.74 Å². The van der Waals surface area contributed by atoms with E-state index in [2.05, 4.69) is 20.9 Å². The van der Waals surface area contributed by atoms with Gasteiger partial charge in [0.05, 0.1) is 12.7 Å². The van der Waals surface area contributed by atoms with Crippen molar-refractivity contribution < 1.29 is 23.5 Å². The molecule has 3 N–H and O–H groups in total. The first kappa shape index (κ1) is 29.4. The van der Waals surface area contributed by atoms with Crippen LogP contribution in [0.2, 0.25) is 0 Å². The first-order chi connectivity index (χ1) is 19.5. The van der Waals surface area contributed by atoms with Crippen molar-refractivity contribution in [3.05, 3.63) is 89.2 Å². The summed E-state index contributed by atoms with van der Waals surface area (Å²) in [5.74, 6) is -0.469. The van der Waals surface area contributed by atoms with Crippen molar-refractivity contribution in [1.29, 1.82) is 0 Å². The summed E-state index contributed by atoms with van der Waals surface area (Å²) in [6, 6.07) is 17.8. The van der Waals surface area contributed by atoms with Gasteiger partial charge in [-0.05, 0) is 74.9 Å². The summed E-state index contributed by atoms with van der Waals surface area (Å²) < 4.78 is 18.5. The second-order valence-corrected chi connectivity index (χ2v) is 10.9. The molecule has 3 aromatic rings. The zero-order chi connectivity index (χ0) is 29.6. The number of nitrogens with one attached hydrogen (secondary N) is 3. The van der Waals surface area contributed by atoms with Gasteiger partial charge in [-0.1, -0.05) is 18.2 Å². The number of methoxy groups -OCH3 is 1. The maximum absolute atomic E-state index is 13.5. The Kier molecular flexibility index (Phi) is 9.11. The Morgan fingerprint density at radius 1 is 0.902 bits per heavy atom. The van der Waals surface area contributed by atoms with Crippen LogP contribution in [0.5, 0.6) is 5.75 Å². The van der Waals surface area contributed by atoms with Gasteiger partial charge in [-0.15, -0.1) is 0 Å². The van der Waals surface area contributed by atoms with Crippen LogP contribution in [0.4, 0.5) is 20.6 Å². The molecule has 4 rings (SSSR count). The molecule has 1 heterocycles. The molecule has 0 atom stereocenters. The number of ether oxygens (including phenoxy) is 1. The van der Waals surface area contributed by atoms with Crippen LogP contribution in [0.25, 0.3) is 0 Å². The molecule has 3 aromatic carbocycles. The number of hydrogen-bond acceptors (Lipinski definition) is 5. The minimum atomic E-state index is -0.350. The van der Waals surface area contributed by atoms with Crippen molar-refractivity contribution in [3.8, 4) is 5.75 Å². The molecule has 1 aliphatic heterocycles. The predicted molar refractivity (Wildman–Crippen MR) is 157 cm³/mol. The van der Waals surface area contributed by atoms with Crippen molar-refractivity contribution in [2.24, 2.45) is 0 Å². The fourth-order valence-corrected chi connectivity index (χ4v) is 4.47. The second-order valence-electron chi connectivity index (χ2n) is 10.9. The lowest BCUT2D eigenvalue weighted by Gasteiger charge is -2.38. The van der Waals surface area contributed by atoms with E-state index in [1.54, 1.807) is 59.5 Å². The van der Waals surface area contributed by atoms with Crippen LogP contribution in [0.3, 0.4) is 0 Å². The average molecular weight is 562 g/mol. The smallest absolute Gasteiger partial charge is 0.317 e. The van der Waals surface area contributed by atoms with Crippen molar-refractivity contribution in [3.63, 3.8) is 0 Å². The van der Waals surface area contributed by atoms with Crippen LogP contribution in [0.1, 0.15) is 47.1 Å². The van der Waals surface area contributed by atoms with Gasteiger partial charge in [0.15, 0.2) is 0 Å². The lowest BCUT2D eigenvalue weighted by atomic mass is 10.1. The van der Waals surface area contributed by atoms with Crippen LogP contribution in [0, 0.1) is 5.82 Å². The van der Waals surface area contributed by atoms with Gasteiger partial charge >= 0.3 is 6.03 Å². The molecule has 41 heavy (non-hydrogen) atoms. The highest BCUT2D eigenvalue weighted by atomic mass is 19.1. The number of amides is 4. The van der Waals surface area contributed by atoms with Gasteiger partial charge in [-0.2, -0.15) is 0 Å². The SMILES string of the molecule is COc1cccc(C(=O)Nc2ccc(N3CCN(C(=O)NC(C)(C)C)CC3)c(C(=O)NCc3ccc(F)cc3)c2)c1. The number of urea groups is 1. The number of nitrogens with zero attached hydrogens (tertiary/aromatic N) is 2. The normalized spacial score (nSPS) is 13.4. The van der Waals surface area contributed by atoms with E-state index in [-0.39, 0.29) is 35.7 Å². The molecule has 1 fully saturated rings. The molecule has 9 nitrogen and oxygen atoms in total. The quantitative estimate of drug-likeness (QED) is 0.390. The molecule has 0 spiro atoms. The molecule has 0 aliphatic carbocycles. The third kappa shape index (κ3) is 7.97. The number of benzene rings is 3. The highest BCUT2D eigenvalue weighted by molar-refractivity contribution is 6.06. The second kappa shape index (κ2) is 12.7. The van der Waals surface area contributed by atoms with Gasteiger partial charge < -0.3 is 30.5 Å². The summed E-state index contributed by atoms with van der Waals surface area (Å²) >= 11 is 0. The van der Waals surface area contributed by atoms with E-state index in [1.807, 2.05) is 20.8 Å². The average Bonchev–Trinajstić information content (AvgIpc) is 2.96. The highest BCUT2D eigenvalue weighted by Crippen LogP contribution is 2.27. The number of carbonyl (C=O) groups excluding carboxylic acids is 3. The van der Waals surface area contributed by atoms with Gasteiger partial charge in [-0.3, -0.25) is 9.59 Å². The van der Waals surface area contributed by atoms with Crippen LogP contribution < -0.4 is 25.6 Å². The van der Waals surface area contributed by atoms with Gasteiger partial charge in [0.1, 0.15) is 11.6 Å². The number of piperazine rings is 1. The van der Waals surface area contributed by atoms with E-state index in [0.717, 1.165) is 5.56 Å². The predicted octanol–water partition coefficient (Wildman–Crippen LogP) is 4.65. The number of anilines is 2. The van der Waals surface area contributed by atoms with Crippen LogP contribution in [-0.2, 0) is 6.54 Å². The topological polar surface area (TPSA) is 103 Å².